The van der Waals surface area contributed by atoms with Gasteiger partial charge in [-0.25, -0.2) is 9.59 Å². The molecule has 0 aliphatic carbocycles. The van der Waals surface area contributed by atoms with E-state index in [4.69, 9.17) is 9.47 Å². The van der Waals surface area contributed by atoms with E-state index < -0.39 is 0 Å². The van der Waals surface area contributed by atoms with Crippen LogP contribution in [0.2, 0.25) is 0 Å². The maximum absolute atomic E-state index is 11.0. The molecular weight excluding hydrogens is 376 g/mol. The number of rotatable bonds is 19. The normalized spacial score (nSPS) is 9.97. The van der Waals surface area contributed by atoms with Gasteiger partial charge in [0.2, 0.25) is 0 Å². The van der Waals surface area contributed by atoms with Crippen molar-refractivity contribution in [2.45, 2.75) is 117 Å². The molecule has 0 aliphatic rings. The number of hydrogen-bond acceptors (Lipinski definition) is 4. The molecule has 0 bridgehead atoms. The molecule has 4 nitrogen and oxygen atoms in total. The van der Waals surface area contributed by atoms with E-state index in [2.05, 4.69) is 27.0 Å². The highest BCUT2D eigenvalue weighted by atomic mass is 16.5. The number of ether oxygens (including phenoxy) is 2. The molecule has 0 aromatic rings. The maximum Gasteiger partial charge on any atom is 0.333 e. The van der Waals surface area contributed by atoms with Gasteiger partial charge in [0.15, 0.2) is 0 Å². The van der Waals surface area contributed by atoms with Crippen LogP contribution in [0.1, 0.15) is 117 Å². The standard InChI is InChI=1S/2C13H24O2/c1-4-5-6-7-8-9-10-11-15-13(14)12(2)3;1-3-5-6-7-8-9-10-11-12-15-13(14)4-2/h2,4-11H2,1,3H3;4H,2-3,5-12H2,1H3. The van der Waals surface area contributed by atoms with Crippen molar-refractivity contribution >= 4 is 11.9 Å². The van der Waals surface area contributed by atoms with Crippen molar-refractivity contribution in [2.75, 3.05) is 13.2 Å². The van der Waals surface area contributed by atoms with Gasteiger partial charge < -0.3 is 9.47 Å². The molecule has 176 valence electrons. The van der Waals surface area contributed by atoms with Gasteiger partial charge >= 0.3 is 11.9 Å². The minimum atomic E-state index is -0.307. The summed E-state index contributed by atoms with van der Waals surface area (Å²) < 4.78 is 9.87. The van der Waals surface area contributed by atoms with Gasteiger partial charge in [-0.05, 0) is 19.8 Å². The zero-order valence-corrected chi connectivity index (χ0v) is 20.1. The van der Waals surface area contributed by atoms with Crippen LogP contribution in [0, 0.1) is 0 Å². The molecule has 0 N–H and O–H groups in total. The smallest absolute Gasteiger partial charge is 0.333 e. The molecule has 0 aromatic carbocycles. The van der Waals surface area contributed by atoms with Crippen molar-refractivity contribution in [2.24, 2.45) is 0 Å². The lowest BCUT2D eigenvalue weighted by molar-refractivity contribution is -0.139. The lowest BCUT2D eigenvalue weighted by Gasteiger charge is -2.04. The third-order valence-corrected chi connectivity index (χ3v) is 4.74. The van der Waals surface area contributed by atoms with E-state index in [0.717, 1.165) is 25.7 Å². The van der Waals surface area contributed by atoms with Gasteiger partial charge in [0.05, 0.1) is 13.2 Å². The van der Waals surface area contributed by atoms with E-state index >= 15 is 0 Å². The third kappa shape index (κ3) is 26.4. The van der Waals surface area contributed by atoms with Crippen molar-refractivity contribution in [3.8, 4) is 0 Å². The van der Waals surface area contributed by atoms with Crippen LogP contribution in [-0.4, -0.2) is 25.2 Å². The van der Waals surface area contributed by atoms with E-state index in [0.29, 0.717) is 18.8 Å². The Morgan fingerprint density at radius 2 is 1.03 bits per heavy atom. The Hall–Kier alpha value is -1.58. The summed E-state index contributed by atoms with van der Waals surface area (Å²) in [5.41, 5.74) is 0.484. The first kappa shape index (κ1) is 30.6. The van der Waals surface area contributed by atoms with E-state index in [1.807, 2.05) is 0 Å². The Balaban J connectivity index is 0. The van der Waals surface area contributed by atoms with Crippen LogP contribution < -0.4 is 0 Å². The minimum Gasteiger partial charge on any atom is -0.463 e. The molecule has 0 heterocycles. The van der Waals surface area contributed by atoms with Crippen LogP contribution in [0.3, 0.4) is 0 Å². The fraction of sp³-hybridized carbons (Fsp3) is 0.769. The Labute approximate surface area is 186 Å². The summed E-state index contributed by atoms with van der Waals surface area (Å²) in [5, 5.41) is 0. The number of esters is 2. The van der Waals surface area contributed by atoms with Gasteiger partial charge in [-0.15, -0.1) is 0 Å². The monoisotopic (exact) mass is 424 g/mol. The summed E-state index contributed by atoms with van der Waals surface area (Å²) in [7, 11) is 0. The van der Waals surface area contributed by atoms with E-state index in [1.54, 1.807) is 6.92 Å². The Kier molecular flexibility index (Phi) is 26.0. The van der Waals surface area contributed by atoms with Crippen LogP contribution in [0.5, 0.6) is 0 Å². The zero-order chi connectivity index (χ0) is 22.9. The fourth-order valence-electron chi connectivity index (χ4n) is 2.81. The molecule has 30 heavy (non-hydrogen) atoms. The lowest BCUT2D eigenvalue weighted by atomic mass is 10.1. The summed E-state index contributed by atoms with van der Waals surface area (Å²) in [6.07, 6.45) is 20.0. The SMILES string of the molecule is C=C(C)C(=O)OCCCCCCCCC.C=CC(=O)OCCCCCCCCCC. The van der Waals surface area contributed by atoms with Crippen molar-refractivity contribution in [3.63, 3.8) is 0 Å². The average Bonchev–Trinajstić information content (AvgIpc) is 2.74. The van der Waals surface area contributed by atoms with E-state index in [1.165, 1.54) is 76.7 Å². The summed E-state index contributed by atoms with van der Waals surface area (Å²) in [4.78, 5) is 21.7. The summed E-state index contributed by atoms with van der Waals surface area (Å²) in [5.74, 6) is -0.570. The highest BCUT2D eigenvalue weighted by molar-refractivity contribution is 5.86. The van der Waals surface area contributed by atoms with Gasteiger partial charge in [-0.1, -0.05) is 110 Å². The average molecular weight is 425 g/mol. The Morgan fingerprint density at radius 1 is 0.667 bits per heavy atom. The number of unbranched alkanes of at least 4 members (excludes halogenated alkanes) is 13. The second kappa shape index (κ2) is 25.5. The minimum absolute atomic E-state index is 0.263. The van der Waals surface area contributed by atoms with Gasteiger partial charge in [0, 0.05) is 11.6 Å². The lowest BCUT2D eigenvalue weighted by Crippen LogP contribution is -2.05. The van der Waals surface area contributed by atoms with Crippen molar-refractivity contribution in [3.05, 3.63) is 24.8 Å². The second-order valence-corrected chi connectivity index (χ2v) is 7.88. The molecule has 0 rings (SSSR count). The van der Waals surface area contributed by atoms with Crippen molar-refractivity contribution in [1.82, 2.24) is 0 Å². The fourth-order valence-corrected chi connectivity index (χ4v) is 2.81. The summed E-state index contributed by atoms with van der Waals surface area (Å²) in [6, 6.07) is 0. The van der Waals surface area contributed by atoms with Crippen LogP contribution in [0.25, 0.3) is 0 Å². The van der Waals surface area contributed by atoms with Gasteiger partial charge in [-0.2, -0.15) is 0 Å². The van der Waals surface area contributed by atoms with Gasteiger partial charge in [0.1, 0.15) is 0 Å². The molecule has 0 fully saturated rings. The molecule has 0 saturated heterocycles. The molecule has 0 aliphatic heterocycles. The Morgan fingerprint density at radius 3 is 1.40 bits per heavy atom. The van der Waals surface area contributed by atoms with Crippen molar-refractivity contribution in [1.29, 1.82) is 0 Å². The zero-order valence-electron chi connectivity index (χ0n) is 20.1. The molecule has 0 radical (unpaired) electrons. The van der Waals surface area contributed by atoms with E-state index in [-0.39, 0.29) is 11.9 Å². The molecule has 0 spiro atoms. The maximum atomic E-state index is 11.0. The second-order valence-electron chi connectivity index (χ2n) is 7.88. The van der Waals surface area contributed by atoms with E-state index in [9.17, 15) is 9.59 Å². The van der Waals surface area contributed by atoms with Crippen LogP contribution in [-0.2, 0) is 19.1 Å². The van der Waals surface area contributed by atoms with Gasteiger partial charge in [-0.3, -0.25) is 0 Å². The molecule has 0 aromatic heterocycles. The van der Waals surface area contributed by atoms with Gasteiger partial charge in [0.25, 0.3) is 0 Å². The van der Waals surface area contributed by atoms with Crippen LogP contribution in [0.15, 0.2) is 24.8 Å². The van der Waals surface area contributed by atoms with Crippen LogP contribution >= 0.6 is 0 Å². The van der Waals surface area contributed by atoms with Crippen LogP contribution in [0.4, 0.5) is 0 Å². The number of hydrogen-bond donors (Lipinski definition) is 0. The topological polar surface area (TPSA) is 52.6 Å². The first-order chi connectivity index (χ1) is 14.5. The highest BCUT2D eigenvalue weighted by Gasteiger charge is 2.01. The molecular formula is C26H48O4. The molecule has 0 saturated carbocycles. The number of carbonyl (C=O) groups excluding carboxylic acids is 2. The first-order valence-electron chi connectivity index (χ1n) is 12.1. The number of carbonyl (C=O) groups is 2. The highest BCUT2D eigenvalue weighted by Crippen LogP contribution is 2.08. The Bertz CT molecular complexity index is 427. The first-order valence-corrected chi connectivity index (χ1v) is 12.1. The largest absolute Gasteiger partial charge is 0.463 e. The third-order valence-electron chi connectivity index (χ3n) is 4.74. The van der Waals surface area contributed by atoms with Crippen molar-refractivity contribution < 1.29 is 19.1 Å². The molecule has 0 atom stereocenters. The summed E-state index contributed by atoms with van der Waals surface area (Å²) in [6.45, 7) is 14.1. The predicted molar refractivity (Wildman–Crippen MR) is 128 cm³/mol. The molecule has 0 unspecified atom stereocenters. The summed E-state index contributed by atoms with van der Waals surface area (Å²) >= 11 is 0. The molecule has 0 amide bonds. The predicted octanol–water partition coefficient (Wildman–Crippen LogP) is 7.71. The molecule has 4 heteroatoms. The quantitative estimate of drug-likeness (QED) is 0.121.